The molecule has 1 aromatic heterocycles. The highest BCUT2D eigenvalue weighted by atomic mass is 19.1. The van der Waals surface area contributed by atoms with Gasteiger partial charge >= 0.3 is 6.03 Å². The van der Waals surface area contributed by atoms with Crippen molar-refractivity contribution in [2.45, 2.75) is 12.8 Å². The highest BCUT2D eigenvalue weighted by Crippen LogP contribution is 2.17. The minimum atomic E-state index is -0.405. The van der Waals surface area contributed by atoms with E-state index in [4.69, 9.17) is 0 Å². The average molecular weight is 345 g/mol. The molecule has 1 aliphatic rings. The molecule has 0 aliphatic carbocycles. The molecule has 0 bridgehead atoms. The summed E-state index contributed by atoms with van der Waals surface area (Å²) in [5.74, 6) is -0.302. The van der Waals surface area contributed by atoms with Crippen LogP contribution in [0.2, 0.25) is 0 Å². The zero-order chi connectivity index (χ0) is 17.6. The number of carbonyl (C=O) groups is 2. The number of hydrogen-bond acceptors (Lipinski definition) is 3. The van der Waals surface area contributed by atoms with Crippen molar-refractivity contribution >= 4 is 17.6 Å². The molecule has 0 spiro atoms. The molecule has 2 aromatic rings. The Morgan fingerprint density at radius 1 is 1.36 bits per heavy atom. The normalized spacial score (nSPS) is 17.2. The summed E-state index contributed by atoms with van der Waals surface area (Å²) in [6.45, 7) is 1.73. The van der Waals surface area contributed by atoms with E-state index in [1.54, 1.807) is 23.2 Å². The van der Waals surface area contributed by atoms with Gasteiger partial charge in [-0.05, 0) is 43.0 Å². The predicted molar refractivity (Wildman–Crippen MR) is 90.6 cm³/mol. The van der Waals surface area contributed by atoms with Crippen molar-refractivity contribution in [3.63, 3.8) is 0 Å². The van der Waals surface area contributed by atoms with Gasteiger partial charge in [0.2, 0.25) is 0 Å². The molecule has 0 unspecified atom stereocenters. The van der Waals surface area contributed by atoms with Crippen molar-refractivity contribution in [3.8, 4) is 0 Å². The van der Waals surface area contributed by atoms with Crippen molar-refractivity contribution in [2.24, 2.45) is 5.92 Å². The number of anilines is 1. The number of piperidine rings is 1. The molecule has 25 heavy (non-hydrogen) atoms. The van der Waals surface area contributed by atoms with Crippen molar-refractivity contribution < 1.29 is 14.0 Å². The van der Waals surface area contributed by atoms with E-state index >= 15 is 0 Å². The zero-order valence-corrected chi connectivity index (χ0v) is 13.7. The minimum Gasteiger partial charge on any atom is -0.338 e. The fourth-order valence-electron chi connectivity index (χ4n) is 2.94. The standard InChI is InChI=1S/C17H20FN5O2/c18-13-4-1-5-14(9-13)21-17(25)19-10-12-3-2-8-23(11-12)16(24)15-6-7-20-22-15/h1,4-7,9,12H,2-3,8,10-11H2,(H,20,22)(H2,19,21,25)/t12-/m1/s1. The lowest BCUT2D eigenvalue weighted by atomic mass is 9.98. The number of benzene rings is 1. The summed E-state index contributed by atoms with van der Waals surface area (Å²) >= 11 is 0. The number of aromatic amines is 1. The first kappa shape index (κ1) is 16.9. The number of urea groups is 1. The second kappa shape index (κ2) is 7.78. The number of nitrogens with zero attached hydrogens (tertiary/aromatic N) is 2. The molecule has 1 fully saturated rings. The SMILES string of the molecule is O=C(NC[C@H]1CCCN(C(=O)c2ccn[nH]2)C1)Nc1cccc(F)c1. The highest BCUT2D eigenvalue weighted by molar-refractivity contribution is 5.92. The van der Waals surface area contributed by atoms with Gasteiger partial charge < -0.3 is 15.5 Å². The summed E-state index contributed by atoms with van der Waals surface area (Å²) in [5.41, 5.74) is 0.870. The number of hydrogen-bond donors (Lipinski definition) is 3. The number of rotatable bonds is 4. The van der Waals surface area contributed by atoms with Crippen molar-refractivity contribution in [1.82, 2.24) is 20.4 Å². The van der Waals surface area contributed by atoms with Gasteiger partial charge in [0.05, 0.1) is 0 Å². The molecule has 8 heteroatoms. The van der Waals surface area contributed by atoms with Crippen LogP contribution in [-0.4, -0.2) is 46.7 Å². The van der Waals surface area contributed by atoms with Gasteiger partial charge in [-0.2, -0.15) is 5.10 Å². The Morgan fingerprint density at radius 2 is 2.24 bits per heavy atom. The molecular weight excluding hydrogens is 325 g/mol. The van der Waals surface area contributed by atoms with Gasteiger partial charge in [0.1, 0.15) is 11.5 Å². The van der Waals surface area contributed by atoms with E-state index in [0.29, 0.717) is 31.0 Å². The van der Waals surface area contributed by atoms with Gasteiger partial charge in [0.15, 0.2) is 0 Å². The predicted octanol–water partition coefficient (Wildman–Crippen LogP) is 2.22. The fourth-order valence-corrected chi connectivity index (χ4v) is 2.94. The summed E-state index contributed by atoms with van der Waals surface area (Å²) in [5, 5.41) is 11.9. The molecule has 3 N–H and O–H groups in total. The molecule has 1 saturated heterocycles. The topological polar surface area (TPSA) is 90.1 Å². The van der Waals surface area contributed by atoms with Gasteiger partial charge in [0, 0.05) is 31.5 Å². The van der Waals surface area contributed by atoms with E-state index in [9.17, 15) is 14.0 Å². The Balaban J connectivity index is 1.48. The Labute approximate surface area is 144 Å². The largest absolute Gasteiger partial charge is 0.338 e. The van der Waals surface area contributed by atoms with Crippen LogP contribution in [0.4, 0.5) is 14.9 Å². The quantitative estimate of drug-likeness (QED) is 0.794. The van der Waals surface area contributed by atoms with Gasteiger partial charge in [-0.25, -0.2) is 9.18 Å². The van der Waals surface area contributed by atoms with Crippen molar-refractivity contribution in [3.05, 3.63) is 48.0 Å². The molecule has 132 valence electrons. The second-order valence-electron chi connectivity index (χ2n) is 6.08. The highest BCUT2D eigenvalue weighted by Gasteiger charge is 2.25. The Hall–Kier alpha value is -2.90. The first-order valence-electron chi connectivity index (χ1n) is 8.21. The van der Waals surface area contributed by atoms with Crippen LogP contribution in [0.15, 0.2) is 36.5 Å². The molecule has 1 atom stereocenters. The van der Waals surface area contributed by atoms with Gasteiger partial charge in [0.25, 0.3) is 5.91 Å². The van der Waals surface area contributed by atoms with E-state index in [2.05, 4.69) is 20.8 Å². The number of nitrogens with one attached hydrogen (secondary N) is 3. The van der Waals surface area contributed by atoms with Crippen LogP contribution in [0.25, 0.3) is 0 Å². The first-order valence-corrected chi connectivity index (χ1v) is 8.21. The Bertz CT molecular complexity index is 734. The van der Waals surface area contributed by atoms with Crippen LogP contribution < -0.4 is 10.6 Å². The molecule has 0 saturated carbocycles. The molecule has 2 heterocycles. The number of carbonyl (C=O) groups excluding carboxylic acids is 2. The summed E-state index contributed by atoms with van der Waals surface area (Å²) in [6.07, 6.45) is 3.37. The van der Waals surface area contributed by atoms with Crippen LogP contribution in [0.3, 0.4) is 0 Å². The van der Waals surface area contributed by atoms with Crippen LogP contribution in [0, 0.1) is 11.7 Å². The van der Waals surface area contributed by atoms with Crippen LogP contribution >= 0.6 is 0 Å². The van der Waals surface area contributed by atoms with E-state index in [1.807, 2.05) is 0 Å². The number of likely N-dealkylation sites (tertiary alicyclic amines) is 1. The van der Waals surface area contributed by atoms with Crippen LogP contribution in [0.1, 0.15) is 23.3 Å². The summed E-state index contributed by atoms with van der Waals surface area (Å²) in [6, 6.07) is 6.99. The zero-order valence-electron chi connectivity index (χ0n) is 13.7. The van der Waals surface area contributed by atoms with Crippen LogP contribution in [-0.2, 0) is 0 Å². The lowest BCUT2D eigenvalue weighted by Gasteiger charge is -2.32. The minimum absolute atomic E-state index is 0.0774. The Morgan fingerprint density at radius 3 is 3.00 bits per heavy atom. The maximum absolute atomic E-state index is 13.1. The van der Waals surface area contributed by atoms with E-state index in [0.717, 1.165) is 12.8 Å². The van der Waals surface area contributed by atoms with E-state index in [-0.39, 0.29) is 17.9 Å². The van der Waals surface area contributed by atoms with E-state index in [1.165, 1.54) is 18.2 Å². The summed E-state index contributed by atoms with van der Waals surface area (Å²) in [4.78, 5) is 26.0. The van der Waals surface area contributed by atoms with Gasteiger partial charge in [-0.1, -0.05) is 6.07 Å². The lowest BCUT2D eigenvalue weighted by molar-refractivity contribution is 0.0669. The maximum Gasteiger partial charge on any atom is 0.319 e. The number of H-pyrrole nitrogens is 1. The summed E-state index contributed by atoms with van der Waals surface area (Å²) < 4.78 is 13.1. The first-order chi connectivity index (χ1) is 12.1. The Kier molecular flexibility index (Phi) is 5.27. The third-order valence-electron chi connectivity index (χ3n) is 4.17. The smallest absolute Gasteiger partial charge is 0.319 e. The molecular formula is C17H20FN5O2. The summed E-state index contributed by atoms with van der Waals surface area (Å²) in [7, 11) is 0. The third kappa shape index (κ3) is 4.56. The second-order valence-corrected chi connectivity index (χ2v) is 6.08. The molecule has 0 radical (unpaired) electrons. The molecule has 3 rings (SSSR count). The number of halogens is 1. The maximum atomic E-state index is 13.1. The number of aromatic nitrogens is 2. The van der Waals surface area contributed by atoms with E-state index < -0.39 is 5.82 Å². The monoisotopic (exact) mass is 345 g/mol. The van der Waals surface area contributed by atoms with Crippen LogP contribution in [0.5, 0.6) is 0 Å². The van der Waals surface area contributed by atoms with Crippen molar-refractivity contribution in [1.29, 1.82) is 0 Å². The fraction of sp³-hybridized carbons (Fsp3) is 0.353. The lowest BCUT2D eigenvalue weighted by Crippen LogP contribution is -2.44. The van der Waals surface area contributed by atoms with Crippen molar-refractivity contribution in [2.75, 3.05) is 25.0 Å². The molecule has 3 amide bonds. The molecule has 1 aromatic carbocycles. The van der Waals surface area contributed by atoms with Gasteiger partial charge in [-0.15, -0.1) is 0 Å². The molecule has 1 aliphatic heterocycles. The third-order valence-corrected chi connectivity index (χ3v) is 4.17. The number of amides is 3. The molecule has 7 nitrogen and oxygen atoms in total. The average Bonchev–Trinajstić information content (AvgIpc) is 3.14. The van der Waals surface area contributed by atoms with Gasteiger partial charge in [-0.3, -0.25) is 9.89 Å².